The zero-order chi connectivity index (χ0) is 11.4. The Balaban J connectivity index is 1.78. The Morgan fingerprint density at radius 2 is 1.88 bits per heavy atom. The van der Waals surface area contributed by atoms with E-state index >= 15 is 0 Å². The average molecular weight is 227 g/mol. The van der Waals surface area contributed by atoms with Crippen LogP contribution in [0.3, 0.4) is 0 Å². The molecule has 0 aliphatic carbocycles. The summed E-state index contributed by atoms with van der Waals surface area (Å²) in [5.41, 5.74) is 0. The summed E-state index contributed by atoms with van der Waals surface area (Å²) in [5.74, 6) is -0.0728. The van der Waals surface area contributed by atoms with Crippen LogP contribution in [0.4, 0.5) is 0 Å². The van der Waals surface area contributed by atoms with Crippen LogP contribution in [0, 0.1) is 0 Å². The normalized spacial score (nSPS) is 23.9. The summed E-state index contributed by atoms with van der Waals surface area (Å²) < 4.78 is 11.3. The number of piperidine rings is 1. The Hall–Kier alpha value is -0.610. The summed E-state index contributed by atoms with van der Waals surface area (Å²) in [4.78, 5) is 13.8. The first-order valence-electron chi connectivity index (χ1n) is 6.31. The number of hydrogen-bond donors (Lipinski definition) is 0. The third-order valence-corrected chi connectivity index (χ3v) is 3.44. The van der Waals surface area contributed by atoms with Crippen LogP contribution in [0.2, 0.25) is 0 Å². The first-order valence-corrected chi connectivity index (χ1v) is 6.31. The van der Waals surface area contributed by atoms with Crippen molar-refractivity contribution in [1.82, 2.24) is 4.90 Å². The number of nitrogens with zero attached hydrogens (tertiary/aromatic N) is 1. The van der Waals surface area contributed by atoms with Gasteiger partial charge in [-0.3, -0.25) is 4.79 Å². The summed E-state index contributed by atoms with van der Waals surface area (Å²) in [6, 6.07) is 0. The van der Waals surface area contributed by atoms with E-state index in [-0.39, 0.29) is 11.7 Å². The Kier molecular flexibility index (Phi) is 3.82. The van der Waals surface area contributed by atoms with Crippen LogP contribution in [-0.2, 0) is 14.3 Å². The monoisotopic (exact) mass is 227 g/mol. The molecule has 0 unspecified atom stereocenters. The molecule has 4 heteroatoms. The van der Waals surface area contributed by atoms with Gasteiger partial charge in [0.25, 0.3) is 0 Å². The van der Waals surface area contributed by atoms with Crippen LogP contribution < -0.4 is 0 Å². The number of carbonyl (C=O) groups excluding carboxylic acids is 1. The Labute approximate surface area is 96.9 Å². The van der Waals surface area contributed by atoms with Crippen molar-refractivity contribution in [3.05, 3.63) is 0 Å². The van der Waals surface area contributed by atoms with Gasteiger partial charge in [-0.05, 0) is 6.42 Å². The maximum absolute atomic E-state index is 11.8. The lowest BCUT2D eigenvalue weighted by molar-refractivity contribution is -0.187. The lowest BCUT2D eigenvalue weighted by Gasteiger charge is -2.37. The van der Waals surface area contributed by atoms with Gasteiger partial charge >= 0.3 is 0 Å². The van der Waals surface area contributed by atoms with Gasteiger partial charge in [0.2, 0.25) is 5.91 Å². The van der Waals surface area contributed by atoms with E-state index in [4.69, 9.17) is 9.47 Å². The smallest absolute Gasteiger partial charge is 0.222 e. The van der Waals surface area contributed by atoms with Gasteiger partial charge in [-0.2, -0.15) is 0 Å². The molecule has 16 heavy (non-hydrogen) atoms. The van der Waals surface area contributed by atoms with Crippen LogP contribution in [0.15, 0.2) is 0 Å². The quantitative estimate of drug-likeness (QED) is 0.734. The van der Waals surface area contributed by atoms with Crippen LogP contribution in [0.25, 0.3) is 0 Å². The molecule has 1 amide bonds. The first-order chi connectivity index (χ1) is 7.76. The molecule has 0 aromatic carbocycles. The average Bonchev–Trinajstić information content (AvgIpc) is 2.75. The fourth-order valence-corrected chi connectivity index (χ4v) is 2.37. The molecule has 0 bridgehead atoms. The fraction of sp³-hybridized carbons (Fsp3) is 0.917. The first kappa shape index (κ1) is 11.9. The molecule has 92 valence electrons. The van der Waals surface area contributed by atoms with Crippen LogP contribution in [0.1, 0.15) is 39.0 Å². The number of carbonyl (C=O) groups is 1. The van der Waals surface area contributed by atoms with E-state index in [9.17, 15) is 4.79 Å². The number of ether oxygens (including phenoxy) is 2. The molecule has 0 aromatic rings. The Bertz CT molecular complexity index is 239. The van der Waals surface area contributed by atoms with Crippen molar-refractivity contribution in [1.29, 1.82) is 0 Å². The zero-order valence-corrected chi connectivity index (χ0v) is 10.0. The van der Waals surface area contributed by atoms with Gasteiger partial charge in [0, 0.05) is 32.4 Å². The van der Waals surface area contributed by atoms with Crippen molar-refractivity contribution in [2.75, 3.05) is 26.3 Å². The molecule has 2 fully saturated rings. The van der Waals surface area contributed by atoms with Crippen molar-refractivity contribution < 1.29 is 14.3 Å². The third-order valence-electron chi connectivity index (χ3n) is 3.44. The van der Waals surface area contributed by atoms with Crippen molar-refractivity contribution in [2.45, 2.75) is 44.8 Å². The SMILES string of the molecule is CCCCC(=O)N1CCC2(CC1)OCCO2. The summed E-state index contributed by atoms with van der Waals surface area (Å²) in [7, 11) is 0. The second-order valence-corrected chi connectivity index (χ2v) is 4.59. The van der Waals surface area contributed by atoms with E-state index < -0.39 is 0 Å². The van der Waals surface area contributed by atoms with E-state index in [0.717, 1.165) is 38.8 Å². The minimum Gasteiger partial charge on any atom is -0.347 e. The van der Waals surface area contributed by atoms with Crippen molar-refractivity contribution in [3.63, 3.8) is 0 Å². The highest BCUT2D eigenvalue weighted by Gasteiger charge is 2.40. The van der Waals surface area contributed by atoms with Crippen LogP contribution in [-0.4, -0.2) is 42.9 Å². The van der Waals surface area contributed by atoms with Gasteiger partial charge in [-0.25, -0.2) is 0 Å². The van der Waals surface area contributed by atoms with Gasteiger partial charge in [-0.15, -0.1) is 0 Å². The molecule has 1 spiro atoms. The molecule has 0 radical (unpaired) electrons. The van der Waals surface area contributed by atoms with Crippen molar-refractivity contribution in [3.8, 4) is 0 Å². The summed E-state index contributed by atoms with van der Waals surface area (Å²) in [6.07, 6.45) is 4.41. The molecule has 2 saturated heterocycles. The zero-order valence-electron chi connectivity index (χ0n) is 10.0. The molecule has 2 aliphatic heterocycles. The molecule has 0 atom stereocenters. The second-order valence-electron chi connectivity index (χ2n) is 4.59. The summed E-state index contributed by atoms with van der Waals surface area (Å²) in [5, 5.41) is 0. The highest BCUT2D eigenvalue weighted by molar-refractivity contribution is 5.76. The molecule has 2 aliphatic rings. The molecular weight excluding hydrogens is 206 g/mol. The van der Waals surface area contributed by atoms with Gasteiger partial charge in [0.1, 0.15) is 0 Å². The predicted molar refractivity (Wildman–Crippen MR) is 60.0 cm³/mol. The highest BCUT2D eigenvalue weighted by Crippen LogP contribution is 2.31. The Morgan fingerprint density at radius 1 is 1.25 bits per heavy atom. The fourth-order valence-electron chi connectivity index (χ4n) is 2.37. The minimum absolute atomic E-state index is 0.287. The van der Waals surface area contributed by atoms with E-state index in [2.05, 4.69) is 6.92 Å². The lowest BCUT2D eigenvalue weighted by atomic mass is 10.0. The largest absolute Gasteiger partial charge is 0.347 e. The maximum atomic E-state index is 11.8. The minimum atomic E-state index is -0.360. The molecule has 2 rings (SSSR count). The van der Waals surface area contributed by atoms with Gasteiger partial charge in [0.15, 0.2) is 5.79 Å². The van der Waals surface area contributed by atoms with Crippen LogP contribution >= 0.6 is 0 Å². The lowest BCUT2D eigenvalue weighted by Crippen LogP contribution is -2.47. The van der Waals surface area contributed by atoms with E-state index in [0.29, 0.717) is 19.6 Å². The molecule has 0 saturated carbocycles. The highest BCUT2D eigenvalue weighted by atomic mass is 16.7. The van der Waals surface area contributed by atoms with Crippen LogP contribution in [0.5, 0.6) is 0 Å². The number of rotatable bonds is 3. The number of unbranched alkanes of at least 4 members (excludes halogenated alkanes) is 1. The molecule has 4 nitrogen and oxygen atoms in total. The van der Waals surface area contributed by atoms with E-state index in [1.165, 1.54) is 0 Å². The van der Waals surface area contributed by atoms with Crippen molar-refractivity contribution in [2.24, 2.45) is 0 Å². The van der Waals surface area contributed by atoms with Gasteiger partial charge < -0.3 is 14.4 Å². The van der Waals surface area contributed by atoms with E-state index in [1.807, 2.05) is 4.90 Å². The molecule has 0 aromatic heterocycles. The molecule has 0 N–H and O–H groups in total. The number of hydrogen-bond acceptors (Lipinski definition) is 3. The second kappa shape index (κ2) is 5.15. The molecule has 2 heterocycles. The number of likely N-dealkylation sites (tertiary alicyclic amines) is 1. The molecular formula is C12H21NO3. The third kappa shape index (κ3) is 2.55. The maximum Gasteiger partial charge on any atom is 0.222 e. The Morgan fingerprint density at radius 3 is 2.44 bits per heavy atom. The number of amides is 1. The summed E-state index contributed by atoms with van der Waals surface area (Å²) in [6.45, 7) is 5.07. The van der Waals surface area contributed by atoms with Crippen molar-refractivity contribution >= 4 is 5.91 Å². The van der Waals surface area contributed by atoms with E-state index in [1.54, 1.807) is 0 Å². The van der Waals surface area contributed by atoms with Gasteiger partial charge in [-0.1, -0.05) is 13.3 Å². The summed E-state index contributed by atoms with van der Waals surface area (Å²) >= 11 is 0. The predicted octanol–water partition coefficient (Wildman–Crippen LogP) is 1.54. The van der Waals surface area contributed by atoms with Gasteiger partial charge in [0.05, 0.1) is 13.2 Å². The standard InChI is InChI=1S/C12H21NO3/c1-2-3-4-11(14)13-7-5-12(6-8-13)15-9-10-16-12/h2-10H2,1H3. The topological polar surface area (TPSA) is 38.8 Å².